The van der Waals surface area contributed by atoms with Gasteiger partial charge in [-0.1, -0.05) is 0 Å². The minimum Gasteiger partial charge on any atom is -0.494 e. The molecule has 7 heteroatoms. The summed E-state index contributed by atoms with van der Waals surface area (Å²) in [6.07, 6.45) is 6.13. The fourth-order valence-corrected chi connectivity index (χ4v) is 3.71. The van der Waals surface area contributed by atoms with Crippen LogP contribution in [-0.2, 0) is 9.47 Å². The summed E-state index contributed by atoms with van der Waals surface area (Å²) in [4.78, 5) is 10.9. The number of hydrogen-bond donors (Lipinski definition) is 0. The molecule has 0 saturated carbocycles. The van der Waals surface area contributed by atoms with Crippen LogP contribution >= 0.6 is 0 Å². The zero-order chi connectivity index (χ0) is 17.9. The number of ether oxygens (including phenoxy) is 3. The molecule has 6 nitrogen and oxygen atoms in total. The Hall–Kier alpha value is -1.99. The fraction of sp³-hybridized carbons (Fsp3) is 0.579. The topological polar surface area (TPSA) is 56.7 Å². The number of hydrogen-bond acceptors (Lipinski definition) is 6. The van der Waals surface area contributed by atoms with Gasteiger partial charge in [0.25, 0.3) is 0 Å². The molecular formula is C19H24FN3O3. The molecule has 1 unspecified atom stereocenters. The minimum atomic E-state index is -0.411. The van der Waals surface area contributed by atoms with Gasteiger partial charge in [0.2, 0.25) is 0 Å². The van der Waals surface area contributed by atoms with Crippen LogP contribution < -0.4 is 9.64 Å². The Morgan fingerprint density at radius 3 is 2.81 bits per heavy atom. The predicted molar refractivity (Wildman–Crippen MR) is 96.2 cm³/mol. The van der Waals surface area contributed by atoms with Crippen molar-refractivity contribution in [2.24, 2.45) is 0 Å². The largest absolute Gasteiger partial charge is 0.494 e. The number of benzene rings is 1. The van der Waals surface area contributed by atoms with E-state index in [2.05, 4.69) is 14.9 Å². The third-order valence-electron chi connectivity index (χ3n) is 5.17. The number of halogens is 1. The van der Waals surface area contributed by atoms with Crippen molar-refractivity contribution in [3.05, 3.63) is 24.3 Å². The molecule has 0 radical (unpaired) electrons. The van der Waals surface area contributed by atoms with Crippen LogP contribution in [0.2, 0.25) is 0 Å². The Morgan fingerprint density at radius 2 is 2.08 bits per heavy atom. The van der Waals surface area contributed by atoms with Gasteiger partial charge in [-0.15, -0.1) is 0 Å². The molecule has 2 saturated heterocycles. The van der Waals surface area contributed by atoms with Crippen molar-refractivity contribution >= 4 is 16.7 Å². The summed E-state index contributed by atoms with van der Waals surface area (Å²) in [6, 6.07) is 3.08. The Kier molecular flexibility index (Phi) is 5.17. The quantitative estimate of drug-likeness (QED) is 0.816. The molecule has 26 heavy (non-hydrogen) atoms. The van der Waals surface area contributed by atoms with Gasteiger partial charge in [-0.05, 0) is 31.7 Å². The second-order valence-corrected chi connectivity index (χ2v) is 6.86. The Balaban J connectivity index is 1.43. The molecule has 1 aromatic heterocycles. The molecule has 2 aromatic rings. The van der Waals surface area contributed by atoms with Crippen molar-refractivity contribution in [2.45, 2.75) is 37.9 Å². The number of nitrogens with zero attached hydrogens (tertiary/aromatic N) is 3. The van der Waals surface area contributed by atoms with E-state index in [0.29, 0.717) is 12.1 Å². The predicted octanol–water partition coefficient (Wildman–Crippen LogP) is 2.94. The second-order valence-electron chi connectivity index (χ2n) is 6.86. The van der Waals surface area contributed by atoms with E-state index in [1.54, 1.807) is 6.07 Å². The number of methoxy groups -OCH3 is 1. The Bertz CT molecular complexity index is 759. The van der Waals surface area contributed by atoms with Gasteiger partial charge in [0.05, 0.1) is 31.4 Å². The minimum absolute atomic E-state index is 0.211. The van der Waals surface area contributed by atoms with Gasteiger partial charge < -0.3 is 19.1 Å². The first-order chi connectivity index (χ1) is 12.7. The fourth-order valence-electron chi connectivity index (χ4n) is 3.71. The van der Waals surface area contributed by atoms with E-state index in [1.165, 1.54) is 19.5 Å². The normalized spacial score (nSPS) is 21.5. The maximum absolute atomic E-state index is 13.9. The highest BCUT2D eigenvalue weighted by atomic mass is 19.1. The standard InChI is InChI=1S/C19H24FN3O3/c1-24-18-9-15-17(10-16(18)20)21-12-22-19(15)23-6-4-13(5-7-23)26-11-14-3-2-8-25-14/h9-10,12-14H,2-8,11H2,1H3. The second kappa shape index (κ2) is 7.72. The van der Waals surface area contributed by atoms with Gasteiger partial charge >= 0.3 is 0 Å². The van der Waals surface area contributed by atoms with Gasteiger partial charge in [0, 0.05) is 31.1 Å². The summed E-state index contributed by atoms with van der Waals surface area (Å²) >= 11 is 0. The average Bonchev–Trinajstić information content (AvgIpc) is 3.19. The van der Waals surface area contributed by atoms with Crippen molar-refractivity contribution in [3.63, 3.8) is 0 Å². The molecule has 0 N–H and O–H groups in total. The molecule has 0 aliphatic carbocycles. The lowest BCUT2D eigenvalue weighted by atomic mass is 10.1. The molecule has 2 aliphatic rings. The van der Waals surface area contributed by atoms with E-state index in [4.69, 9.17) is 14.2 Å². The van der Waals surface area contributed by atoms with Crippen molar-refractivity contribution in [1.29, 1.82) is 0 Å². The van der Waals surface area contributed by atoms with Crippen LogP contribution in [-0.4, -0.2) is 55.6 Å². The van der Waals surface area contributed by atoms with Crippen molar-refractivity contribution < 1.29 is 18.6 Å². The zero-order valence-corrected chi connectivity index (χ0v) is 15.0. The van der Waals surface area contributed by atoms with Crippen molar-refractivity contribution in [1.82, 2.24) is 9.97 Å². The van der Waals surface area contributed by atoms with E-state index in [0.717, 1.165) is 56.6 Å². The molecule has 3 heterocycles. The third kappa shape index (κ3) is 3.59. The smallest absolute Gasteiger partial charge is 0.167 e. The lowest BCUT2D eigenvalue weighted by Crippen LogP contribution is -2.38. The molecule has 0 bridgehead atoms. The highest BCUT2D eigenvalue weighted by molar-refractivity contribution is 5.90. The van der Waals surface area contributed by atoms with Gasteiger partial charge in [-0.3, -0.25) is 0 Å². The van der Waals surface area contributed by atoms with Crippen LogP contribution in [0, 0.1) is 5.82 Å². The first-order valence-corrected chi connectivity index (χ1v) is 9.21. The summed E-state index contributed by atoms with van der Waals surface area (Å²) in [5, 5.41) is 0.810. The monoisotopic (exact) mass is 361 g/mol. The number of aromatic nitrogens is 2. The summed E-state index contributed by atoms with van der Waals surface area (Å²) in [7, 11) is 1.46. The summed E-state index contributed by atoms with van der Waals surface area (Å²) in [5.41, 5.74) is 0.588. The van der Waals surface area contributed by atoms with E-state index >= 15 is 0 Å². The maximum atomic E-state index is 13.9. The number of rotatable bonds is 5. The van der Waals surface area contributed by atoms with Gasteiger partial charge in [0.15, 0.2) is 11.6 Å². The van der Waals surface area contributed by atoms with Crippen LogP contribution in [0.15, 0.2) is 18.5 Å². The summed E-state index contributed by atoms with van der Waals surface area (Å²) < 4.78 is 30.7. The molecule has 0 spiro atoms. The molecule has 2 fully saturated rings. The van der Waals surface area contributed by atoms with Crippen LogP contribution in [0.5, 0.6) is 5.75 Å². The van der Waals surface area contributed by atoms with Crippen LogP contribution in [0.4, 0.5) is 10.2 Å². The van der Waals surface area contributed by atoms with Crippen LogP contribution in [0.25, 0.3) is 10.9 Å². The number of anilines is 1. The Morgan fingerprint density at radius 1 is 1.23 bits per heavy atom. The zero-order valence-electron chi connectivity index (χ0n) is 15.0. The summed E-state index contributed by atoms with van der Waals surface area (Å²) in [5.74, 6) is 0.625. The van der Waals surface area contributed by atoms with E-state index < -0.39 is 5.82 Å². The van der Waals surface area contributed by atoms with Crippen molar-refractivity contribution in [2.75, 3.05) is 38.3 Å². The SMILES string of the molecule is COc1cc2c(N3CCC(OCC4CCCO4)CC3)ncnc2cc1F. The van der Waals surface area contributed by atoms with Crippen LogP contribution in [0.1, 0.15) is 25.7 Å². The number of fused-ring (bicyclic) bond motifs is 1. The molecule has 1 aromatic carbocycles. The highest BCUT2D eigenvalue weighted by Gasteiger charge is 2.24. The van der Waals surface area contributed by atoms with Gasteiger partial charge in [-0.25, -0.2) is 14.4 Å². The van der Waals surface area contributed by atoms with Gasteiger partial charge in [0.1, 0.15) is 12.1 Å². The van der Waals surface area contributed by atoms with Crippen molar-refractivity contribution in [3.8, 4) is 5.75 Å². The molecule has 4 rings (SSSR count). The lowest BCUT2D eigenvalue weighted by molar-refractivity contribution is -0.0280. The molecule has 1 atom stereocenters. The summed E-state index contributed by atoms with van der Waals surface area (Å²) in [6.45, 7) is 3.25. The van der Waals surface area contributed by atoms with Crippen LogP contribution in [0.3, 0.4) is 0 Å². The molecule has 2 aliphatic heterocycles. The number of piperidine rings is 1. The molecular weight excluding hydrogens is 337 g/mol. The first kappa shape index (κ1) is 17.4. The molecule has 140 valence electrons. The highest BCUT2D eigenvalue weighted by Crippen LogP contribution is 2.31. The maximum Gasteiger partial charge on any atom is 0.167 e. The average molecular weight is 361 g/mol. The first-order valence-electron chi connectivity index (χ1n) is 9.21. The van der Waals surface area contributed by atoms with E-state index in [1.807, 2.05) is 0 Å². The third-order valence-corrected chi connectivity index (χ3v) is 5.17. The Labute approximate surface area is 152 Å². The van der Waals surface area contributed by atoms with E-state index in [9.17, 15) is 4.39 Å². The molecule has 0 amide bonds. The lowest BCUT2D eigenvalue weighted by Gasteiger charge is -2.33. The van der Waals surface area contributed by atoms with E-state index in [-0.39, 0.29) is 18.0 Å². The van der Waals surface area contributed by atoms with Gasteiger partial charge in [-0.2, -0.15) is 0 Å².